The molecular weight excluding hydrogens is 408 g/mol. The van der Waals surface area contributed by atoms with Crippen LogP contribution in [0, 0.1) is 0 Å². The van der Waals surface area contributed by atoms with E-state index in [0.29, 0.717) is 22.1 Å². The van der Waals surface area contributed by atoms with E-state index in [1.807, 2.05) is 43.3 Å². The number of rotatable bonds is 10. The van der Waals surface area contributed by atoms with Gasteiger partial charge in [0.05, 0.1) is 4.91 Å². The number of nitrogens with zero attached hydrogens (tertiary/aromatic N) is 1. The van der Waals surface area contributed by atoms with Crippen molar-refractivity contribution in [3.05, 3.63) is 53.0 Å². The quantitative estimate of drug-likeness (QED) is 0.434. The molecule has 8 heteroatoms. The van der Waals surface area contributed by atoms with E-state index in [1.54, 1.807) is 12.2 Å². The third kappa shape index (κ3) is 7.14. The third-order valence-electron chi connectivity index (χ3n) is 4.25. The van der Waals surface area contributed by atoms with Crippen LogP contribution in [0.3, 0.4) is 0 Å². The van der Waals surface area contributed by atoms with E-state index in [-0.39, 0.29) is 18.9 Å². The van der Waals surface area contributed by atoms with Crippen molar-refractivity contribution in [3.63, 3.8) is 0 Å². The van der Waals surface area contributed by atoms with Gasteiger partial charge in [-0.25, -0.2) is 4.79 Å². The van der Waals surface area contributed by atoms with Crippen LogP contribution in [0.25, 0.3) is 6.08 Å². The van der Waals surface area contributed by atoms with Gasteiger partial charge in [0.2, 0.25) is 5.91 Å². The van der Waals surface area contributed by atoms with Crippen LogP contribution in [0.2, 0.25) is 0 Å². The topological polar surface area (TPSA) is 86.7 Å². The fourth-order valence-electron chi connectivity index (χ4n) is 2.66. The van der Waals surface area contributed by atoms with Crippen LogP contribution in [0.5, 0.6) is 0 Å². The van der Waals surface area contributed by atoms with Gasteiger partial charge in [-0.3, -0.25) is 14.5 Å². The molecule has 0 aliphatic carbocycles. The minimum absolute atomic E-state index is 0.00448. The summed E-state index contributed by atoms with van der Waals surface area (Å²) in [5.74, 6) is -1.70. The zero-order valence-electron chi connectivity index (χ0n) is 16.2. The van der Waals surface area contributed by atoms with Crippen LogP contribution in [0.15, 0.2) is 47.4 Å². The fourth-order valence-corrected chi connectivity index (χ4v) is 3.92. The molecule has 154 valence electrons. The lowest BCUT2D eigenvalue weighted by atomic mass is 10.1. The number of carboxylic acid groups (broad SMARTS) is 1. The van der Waals surface area contributed by atoms with Gasteiger partial charge in [0.25, 0.3) is 5.91 Å². The summed E-state index contributed by atoms with van der Waals surface area (Å²) >= 11 is 6.44. The van der Waals surface area contributed by atoms with E-state index in [9.17, 15) is 19.5 Å². The largest absolute Gasteiger partial charge is 0.480 e. The molecule has 1 aliphatic heterocycles. The lowest BCUT2D eigenvalue weighted by Crippen LogP contribution is -2.42. The van der Waals surface area contributed by atoms with E-state index in [4.69, 9.17) is 12.2 Å². The third-order valence-corrected chi connectivity index (χ3v) is 5.65. The van der Waals surface area contributed by atoms with Crippen LogP contribution in [-0.4, -0.2) is 44.7 Å². The molecule has 0 bridgehead atoms. The van der Waals surface area contributed by atoms with Gasteiger partial charge in [-0.2, -0.15) is 0 Å². The number of carbonyl (C=O) groups excluding carboxylic acids is 2. The average Bonchev–Trinajstić information content (AvgIpc) is 2.97. The van der Waals surface area contributed by atoms with Crippen molar-refractivity contribution in [1.82, 2.24) is 10.2 Å². The highest BCUT2D eigenvalue weighted by molar-refractivity contribution is 8.26. The van der Waals surface area contributed by atoms with Gasteiger partial charge in [-0.05, 0) is 18.1 Å². The number of carbonyl (C=O) groups is 3. The summed E-state index contributed by atoms with van der Waals surface area (Å²) in [4.78, 5) is 37.8. The Hall–Kier alpha value is -2.45. The smallest absolute Gasteiger partial charge is 0.326 e. The second-order valence-corrected chi connectivity index (χ2v) is 8.15. The molecule has 1 aromatic carbocycles. The number of allylic oxidation sites excluding steroid dienone is 2. The molecule has 1 aromatic rings. The maximum Gasteiger partial charge on any atom is 0.326 e. The van der Waals surface area contributed by atoms with Crippen LogP contribution >= 0.6 is 24.0 Å². The molecule has 1 saturated heterocycles. The van der Waals surface area contributed by atoms with Crippen molar-refractivity contribution in [3.8, 4) is 0 Å². The van der Waals surface area contributed by atoms with Gasteiger partial charge in [0.15, 0.2) is 0 Å². The Balaban J connectivity index is 1.89. The van der Waals surface area contributed by atoms with Crippen LogP contribution in [0.1, 0.15) is 38.2 Å². The molecule has 2 rings (SSSR count). The first-order valence-electron chi connectivity index (χ1n) is 9.41. The number of aliphatic carboxylic acids is 1. The van der Waals surface area contributed by atoms with Gasteiger partial charge < -0.3 is 10.4 Å². The van der Waals surface area contributed by atoms with E-state index in [0.717, 1.165) is 12.0 Å². The predicted molar refractivity (Wildman–Crippen MR) is 119 cm³/mol. The predicted octanol–water partition coefficient (Wildman–Crippen LogP) is 3.59. The Morgan fingerprint density at radius 3 is 2.69 bits per heavy atom. The SMILES string of the molecule is CCCCC(NC(=O)CCN1C(=O)/C(=C\C=C\c2ccccc2)SC1=S)C(=O)O. The number of hydrogen-bond acceptors (Lipinski definition) is 5. The monoisotopic (exact) mass is 432 g/mol. The minimum atomic E-state index is -1.05. The molecule has 2 N–H and O–H groups in total. The van der Waals surface area contributed by atoms with Gasteiger partial charge in [-0.1, -0.05) is 86.2 Å². The molecule has 0 radical (unpaired) electrons. The minimum Gasteiger partial charge on any atom is -0.480 e. The molecule has 1 aliphatic rings. The van der Waals surface area contributed by atoms with E-state index < -0.39 is 17.9 Å². The standard InChI is InChI=1S/C21H24N2O4S2/c1-2-3-11-16(20(26)27)22-18(24)13-14-23-19(25)17(29-21(23)28)12-7-10-15-8-5-4-6-9-15/h4-10,12,16H,2-3,11,13-14H2,1H3,(H,22,24)(H,26,27)/b10-7+,17-12+. The van der Waals surface area contributed by atoms with E-state index in [1.165, 1.54) is 16.7 Å². The first kappa shape index (κ1) is 22.8. The number of amides is 2. The maximum atomic E-state index is 12.5. The second kappa shape index (κ2) is 11.5. The molecule has 0 aromatic heterocycles. The van der Waals surface area contributed by atoms with Crippen molar-refractivity contribution < 1.29 is 19.5 Å². The Morgan fingerprint density at radius 2 is 2.03 bits per heavy atom. The van der Waals surface area contributed by atoms with Crippen molar-refractivity contribution in [1.29, 1.82) is 0 Å². The van der Waals surface area contributed by atoms with Gasteiger partial charge in [-0.15, -0.1) is 0 Å². The summed E-state index contributed by atoms with van der Waals surface area (Å²) in [5, 5.41) is 11.7. The van der Waals surface area contributed by atoms with Gasteiger partial charge >= 0.3 is 5.97 Å². The molecular formula is C21H24N2O4S2. The summed E-state index contributed by atoms with van der Waals surface area (Å²) in [6.45, 7) is 2.08. The van der Waals surface area contributed by atoms with Crippen molar-refractivity contribution >= 4 is 52.2 Å². The number of nitrogens with one attached hydrogen (secondary N) is 1. The van der Waals surface area contributed by atoms with Crippen molar-refractivity contribution in [2.45, 2.75) is 38.6 Å². The lowest BCUT2D eigenvalue weighted by molar-refractivity contribution is -0.142. The number of hydrogen-bond donors (Lipinski definition) is 2. The second-order valence-electron chi connectivity index (χ2n) is 6.48. The highest BCUT2D eigenvalue weighted by Crippen LogP contribution is 2.31. The molecule has 1 unspecified atom stereocenters. The summed E-state index contributed by atoms with van der Waals surface area (Å²) in [7, 11) is 0. The number of unbranched alkanes of at least 4 members (excludes halogenated alkanes) is 1. The van der Waals surface area contributed by atoms with E-state index in [2.05, 4.69) is 5.32 Å². The number of carboxylic acids is 1. The Kier molecular flexibility index (Phi) is 9.08. The van der Waals surface area contributed by atoms with Gasteiger partial charge in [0, 0.05) is 13.0 Å². The van der Waals surface area contributed by atoms with Crippen molar-refractivity contribution in [2.24, 2.45) is 0 Å². The molecule has 6 nitrogen and oxygen atoms in total. The molecule has 29 heavy (non-hydrogen) atoms. The summed E-state index contributed by atoms with van der Waals surface area (Å²) in [5.41, 5.74) is 1.02. The van der Waals surface area contributed by atoms with Crippen LogP contribution in [-0.2, 0) is 14.4 Å². The zero-order chi connectivity index (χ0) is 21.2. The normalized spacial score (nSPS) is 16.6. The number of thiocarbonyl (C=S) groups is 1. The molecule has 2 amide bonds. The fraction of sp³-hybridized carbons (Fsp3) is 0.333. The number of thioether (sulfide) groups is 1. The van der Waals surface area contributed by atoms with Gasteiger partial charge in [0.1, 0.15) is 10.4 Å². The van der Waals surface area contributed by atoms with Crippen LogP contribution in [0.4, 0.5) is 0 Å². The summed E-state index contributed by atoms with van der Waals surface area (Å²) in [6, 6.07) is 8.80. The first-order valence-corrected chi connectivity index (χ1v) is 10.6. The molecule has 1 atom stereocenters. The Bertz CT molecular complexity index is 821. The summed E-state index contributed by atoms with van der Waals surface area (Å²) in [6.07, 6.45) is 7.33. The van der Waals surface area contributed by atoms with Crippen LogP contribution < -0.4 is 5.32 Å². The highest BCUT2D eigenvalue weighted by atomic mass is 32.2. The molecule has 1 fully saturated rings. The average molecular weight is 433 g/mol. The summed E-state index contributed by atoms with van der Waals surface area (Å²) < 4.78 is 0.392. The first-order chi connectivity index (χ1) is 13.9. The molecule has 0 saturated carbocycles. The Labute approximate surface area is 180 Å². The number of benzene rings is 1. The highest BCUT2D eigenvalue weighted by Gasteiger charge is 2.32. The van der Waals surface area contributed by atoms with E-state index >= 15 is 0 Å². The molecule has 0 spiro atoms. The van der Waals surface area contributed by atoms with Crippen molar-refractivity contribution in [2.75, 3.05) is 6.54 Å². The zero-order valence-corrected chi connectivity index (χ0v) is 17.8. The molecule has 1 heterocycles. The maximum absolute atomic E-state index is 12.5. The lowest BCUT2D eigenvalue weighted by Gasteiger charge is -2.17. The Morgan fingerprint density at radius 1 is 1.31 bits per heavy atom.